The van der Waals surface area contributed by atoms with Gasteiger partial charge >= 0.3 is 0 Å². The maximum Gasteiger partial charge on any atom is 0.130 e. The lowest BCUT2D eigenvalue weighted by Crippen LogP contribution is -1.97. The van der Waals surface area contributed by atoms with E-state index >= 15 is 0 Å². The molecule has 2 heterocycles. The van der Waals surface area contributed by atoms with Crippen molar-refractivity contribution < 1.29 is 4.74 Å². The molecule has 0 radical (unpaired) electrons. The van der Waals surface area contributed by atoms with Crippen LogP contribution in [0.3, 0.4) is 0 Å². The van der Waals surface area contributed by atoms with Crippen molar-refractivity contribution in [3.63, 3.8) is 0 Å². The molecule has 0 aliphatic rings. The van der Waals surface area contributed by atoms with Gasteiger partial charge in [0.25, 0.3) is 0 Å². The van der Waals surface area contributed by atoms with Crippen LogP contribution in [0.5, 0.6) is 5.75 Å². The fraction of sp³-hybridized carbons (Fsp3) is 0.0667. The van der Waals surface area contributed by atoms with Crippen LogP contribution in [-0.2, 0) is 6.61 Å². The Kier molecular flexibility index (Phi) is 3.23. The first-order chi connectivity index (χ1) is 9.42. The number of nitrogens with zero attached hydrogens (tertiary/aromatic N) is 3. The maximum atomic E-state index is 5.68. The van der Waals surface area contributed by atoms with Crippen molar-refractivity contribution in [2.75, 3.05) is 0 Å². The predicted octanol–water partition coefficient (Wildman–Crippen LogP) is 2.85. The summed E-state index contributed by atoms with van der Waals surface area (Å²) in [5.74, 6) is 0.828. The van der Waals surface area contributed by atoms with Crippen LogP contribution < -0.4 is 4.74 Å². The Morgan fingerprint density at radius 3 is 2.58 bits per heavy atom. The van der Waals surface area contributed by atoms with E-state index in [9.17, 15) is 0 Å². The summed E-state index contributed by atoms with van der Waals surface area (Å²) in [6.45, 7) is 0.477. The number of aromatic nitrogens is 3. The normalized spacial score (nSPS) is 10.3. The van der Waals surface area contributed by atoms with Crippen LogP contribution in [0.1, 0.15) is 5.69 Å². The third-order valence-corrected chi connectivity index (χ3v) is 2.75. The highest BCUT2D eigenvalue weighted by molar-refractivity contribution is 5.37. The number of hydrogen-bond acceptors (Lipinski definition) is 3. The van der Waals surface area contributed by atoms with Gasteiger partial charge in [0, 0.05) is 24.3 Å². The molecule has 3 rings (SSSR count). The molecule has 0 fully saturated rings. The molecule has 0 atom stereocenters. The second kappa shape index (κ2) is 5.35. The Morgan fingerprint density at radius 2 is 1.89 bits per heavy atom. The summed E-state index contributed by atoms with van der Waals surface area (Å²) in [6.07, 6.45) is 7.19. The summed E-state index contributed by atoms with van der Waals surface area (Å²) in [4.78, 5) is 8.24. The zero-order valence-corrected chi connectivity index (χ0v) is 10.3. The fourth-order valence-electron chi connectivity index (χ4n) is 1.77. The van der Waals surface area contributed by atoms with Crippen LogP contribution in [0.4, 0.5) is 0 Å². The average molecular weight is 251 g/mol. The summed E-state index contributed by atoms with van der Waals surface area (Å²) in [6, 6.07) is 13.7. The number of imidazole rings is 1. The molecule has 2 aromatic heterocycles. The summed E-state index contributed by atoms with van der Waals surface area (Å²) in [5.41, 5.74) is 1.98. The van der Waals surface area contributed by atoms with Gasteiger partial charge < -0.3 is 9.30 Å². The molecule has 0 bridgehead atoms. The van der Waals surface area contributed by atoms with Crippen LogP contribution >= 0.6 is 0 Å². The summed E-state index contributed by atoms with van der Waals surface area (Å²) < 4.78 is 7.62. The zero-order chi connectivity index (χ0) is 12.9. The molecule has 0 unspecified atom stereocenters. The van der Waals surface area contributed by atoms with Crippen molar-refractivity contribution in [1.82, 2.24) is 14.5 Å². The van der Waals surface area contributed by atoms with Crippen molar-refractivity contribution in [2.45, 2.75) is 6.61 Å². The van der Waals surface area contributed by atoms with Crippen molar-refractivity contribution in [3.8, 4) is 11.4 Å². The lowest BCUT2D eigenvalue weighted by atomic mass is 10.3. The average Bonchev–Trinajstić information content (AvgIpc) is 3.01. The number of hydrogen-bond donors (Lipinski definition) is 0. The Hall–Kier alpha value is -2.62. The van der Waals surface area contributed by atoms with E-state index in [1.807, 2.05) is 53.2 Å². The molecule has 0 aliphatic heterocycles. The van der Waals surface area contributed by atoms with Gasteiger partial charge in [0.05, 0.1) is 12.0 Å². The zero-order valence-electron chi connectivity index (χ0n) is 10.3. The molecule has 94 valence electrons. The Morgan fingerprint density at radius 1 is 1.00 bits per heavy atom. The minimum atomic E-state index is 0.477. The Bertz CT molecular complexity index is 618. The summed E-state index contributed by atoms with van der Waals surface area (Å²) in [5, 5.41) is 0. The van der Waals surface area contributed by atoms with Crippen molar-refractivity contribution in [1.29, 1.82) is 0 Å². The van der Waals surface area contributed by atoms with E-state index in [0.717, 1.165) is 17.1 Å². The highest BCUT2D eigenvalue weighted by atomic mass is 16.5. The van der Waals surface area contributed by atoms with E-state index in [4.69, 9.17) is 4.74 Å². The highest BCUT2D eigenvalue weighted by Crippen LogP contribution is 2.16. The molecular formula is C15H13N3O. The fourth-order valence-corrected chi connectivity index (χ4v) is 1.77. The van der Waals surface area contributed by atoms with Gasteiger partial charge in [-0.3, -0.25) is 4.98 Å². The minimum absolute atomic E-state index is 0.477. The van der Waals surface area contributed by atoms with E-state index in [-0.39, 0.29) is 0 Å². The van der Waals surface area contributed by atoms with Gasteiger partial charge in [-0.25, -0.2) is 4.98 Å². The molecule has 19 heavy (non-hydrogen) atoms. The van der Waals surface area contributed by atoms with Crippen molar-refractivity contribution in [2.24, 2.45) is 0 Å². The molecule has 0 N–H and O–H groups in total. The van der Waals surface area contributed by atoms with Gasteiger partial charge in [-0.2, -0.15) is 0 Å². The van der Waals surface area contributed by atoms with Gasteiger partial charge in [-0.05, 0) is 36.4 Å². The van der Waals surface area contributed by atoms with E-state index in [2.05, 4.69) is 9.97 Å². The Balaban J connectivity index is 1.67. The number of rotatable bonds is 4. The second-order valence-corrected chi connectivity index (χ2v) is 4.07. The highest BCUT2D eigenvalue weighted by Gasteiger charge is 1.98. The largest absolute Gasteiger partial charge is 0.487 e. The standard InChI is InChI=1S/C15H13N3O/c1-2-8-17-13(3-1)11-19-15-6-4-14(5-7-15)18-10-9-16-12-18/h1-10,12H,11H2. The molecular weight excluding hydrogens is 238 g/mol. The van der Waals surface area contributed by atoms with Crippen molar-refractivity contribution in [3.05, 3.63) is 73.1 Å². The lowest BCUT2D eigenvalue weighted by molar-refractivity contribution is 0.301. The molecule has 0 amide bonds. The quantitative estimate of drug-likeness (QED) is 0.715. The van der Waals surface area contributed by atoms with Gasteiger partial charge in [-0.1, -0.05) is 6.07 Å². The first-order valence-corrected chi connectivity index (χ1v) is 6.03. The SMILES string of the molecule is c1ccc(COc2ccc(-n3ccnc3)cc2)nc1. The van der Waals surface area contributed by atoms with Gasteiger partial charge in [0.1, 0.15) is 12.4 Å². The first kappa shape index (κ1) is 11.5. The summed E-state index contributed by atoms with van der Waals surface area (Å²) >= 11 is 0. The smallest absolute Gasteiger partial charge is 0.130 e. The first-order valence-electron chi connectivity index (χ1n) is 6.03. The molecule has 1 aromatic carbocycles. The van der Waals surface area contributed by atoms with Crippen LogP contribution in [0.25, 0.3) is 5.69 Å². The maximum absolute atomic E-state index is 5.68. The number of pyridine rings is 1. The minimum Gasteiger partial charge on any atom is -0.487 e. The molecule has 0 saturated carbocycles. The van der Waals surface area contributed by atoms with E-state index in [1.54, 1.807) is 18.7 Å². The lowest BCUT2D eigenvalue weighted by Gasteiger charge is -2.07. The molecule has 3 aromatic rings. The van der Waals surface area contributed by atoms with E-state index < -0.39 is 0 Å². The van der Waals surface area contributed by atoms with Gasteiger partial charge in [0.15, 0.2) is 0 Å². The third-order valence-electron chi connectivity index (χ3n) is 2.75. The molecule has 0 saturated heterocycles. The van der Waals surface area contributed by atoms with Crippen LogP contribution in [0, 0.1) is 0 Å². The number of benzene rings is 1. The van der Waals surface area contributed by atoms with Crippen LogP contribution in [0.2, 0.25) is 0 Å². The summed E-state index contributed by atoms with van der Waals surface area (Å²) in [7, 11) is 0. The second-order valence-electron chi connectivity index (χ2n) is 4.07. The molecule has 0 spiro atoms. The van der Waals surface area contributed by atoms with Crippen LogP contribution in [0.15, 0.2) is 67.4 Å². The van der Waals surface area contributed by atoms with Crippen molar-refractivity contribution >= 4 is 0 Å². The third kappa shape index (κ3) is 2.80. The topological polar surface area (TPSA) is 39.9 Å². The van der Waals surface area contributed by atoms with Gasteiger partial charge in [0.2, 0.25) is 0 Å². The number of ether oxygens (including phenoxy) is 1. The molecule has 4 heteroatoms. The monoisotopic (exact) mass is 251 g/mol. The van der Waals surface area contributed by atoms with E-state index in [0.29, 0.717) is 6.61 Å². The van der Waals surface area contributed by atoms with E-state index in [1.165, 1.54) is 0 Å². The Labute approximate surface area is 111 Å². The molecule has 4 nitrogen and oxygen atoms in total. The van der Waals surface area contributed by atoms with Gasteiger partial charge in [-0.15, -0.1) is 0 Å². The predicted molar refractivity (Wildman–Crippen MR) is 72.1 cm³/mol. The molecule has 0 aliphatic carbocycles. The van der Waals surface area contributed by atoms with Crippen LogP contribution in [-0.4, -0.2) is 14.5 Å².